The fourth-order valence-corrected chi connectivity index (χ4v) is 3.23. The molecule has 0 unspecified atom stereocenters. The zero-order valence-corrected chi connectivity index (χ0v) is 12.7. The van der Waals surface area contributed by atoms with Crippen molar-refractivity contribution >= 4 is 17.7 Å². The fourth-order valence-electron chi connectivity index (χ4n) is 2.39. The Hall–Kier alpha value is -0.960. The summed E-state index contributed by atoms with van der Waals surface area (Å²) in [6, 6.07) is 8.44. The number of piperidine rings is 1. The number of rotatable bonds is 4. The second-order valence-electron chi connectivity index (χ2n) is 5.43. The molecule has 0 atom stereocenters. The van der Waals surface area contributed by atoms with Gasteiger partial charge >= 0.3 is 0 Å². The van der Waals surface area contributed by atoms with Gasteiger partial charge in [0.05, 0.1) is 6.42 Å². The van der Waals surface area contributed by atoms with Crippen molar-refractivity contribution in [2.24, 2.45) is 0 Å². The maximum atomic E-state index is 12.2. The molecule has 1 aliphatic heterocycles. The average molecular weight is 277 g/mol. The molecule has 2 rings (SSSR count). The van der Waals surface area contributed by atoms with Crippen LogP contribution in [0.5, 0.6) is 0 Å². The number of carbonyl (C=O) groups is 1. The summed E-state index contributed by atoms with van der Waals surface area (Å²) in [5.41, 5.74) is 1.13. The number of thioether (sulfide) groups is 1. The van der Waals surface area contributed by atoms with Gasteiger partial charge in [-0.2, -0.15) is 0 Å². The molecular formula is C16H23NOS. The molecule has 0 N–H and O–H groups in total. The Kier molecular flexibility index (Phi) is 5.32. The summed E-state index contributed by atoms with van der Waals surface area (Å²) in [4.78, 5) is 15.4. The van der Waals surface area contributed by atoms with Crippen LogP contribution in [0.2, 0.25) is 0 Å². The Morgan fingerprint density at radius 3 is 2.37 bits per heavy atom. The molecule has 0 bridgehead atoms. The van der Waals surface area contributed by atoms with Gasteiger partial charge in [-0.05, 0) is 37.0 Å². The first kappa shape index (κ1) is 14.4. The van der Waals surface area contributed by atoms with Crippen molar-refractivity contribution < 1.29 is 4.79 Å². The molecule has 0 spiro atoms. The molecule has 104 valence electrons. The first-order valence-electron chi connectivity index (χ1n) is 7.18. The van der Waals surface area contributed by atoms with Gasteiger partial charge in [0.1, 0.15) is 0 Å². The molecule has 1 heterocycles. The molecule has 1 aromatic carbocycles. The number of nitrogens with zero attached hydrogens (tertiary/aromatic N) is 1. The highest BCUT2D eigenvalue weighted by Gasteiger charge is 2.16. The second kappa shape index (κ2) is 6.99. The quantitative estimate of drug-likeness (QED) is 0.781. The predicted octanol–water partition coefficient (Wildman–Crippen LogP) is 3.74. The highest BCUT2D eigenvalue weighted by atomic mass is 32.2. The molecule has 0 aliphatic carbocycles. The zero-order chi connectivity index (χ0) is 13.7. The summed E-state index contributed by atoms with van der Waals surface area (Å²) in [5, 5.41) is 0.598. The minimum Gasteiger partial charge on any atom is -0.342 e. The third-order valence-corrected chi connectivity index (χ3v) is 4.37. The van der Waals surface area contributed by atoms with Gasteiger partial charge in [-0.1, -0.05) is 26.0 Å². The van der Waals surface area contributed by atoms with Crippen molar-refractivity contribution in [1.82, 2.24) is 4.90 Å². The second-order valence-corrected chi connectivity index (χ2v) is 7.08. The van der Waals surface area contributed by atoms with Crippen molar-refractivity contribution in [2.75, 3.05) is 13.1 Å². The SMILES string of the molecule is CC(C)Sc1ccc(CC(=O)N2CCCCC2)cc1. The van der Waals surface area contributed by atoms with Gasteiger partial charge < -0.3 is 4.90 Å². The lowest BCUT2D eigenvalue weighted by molar-refractivity contribution is -0.131. The van der Waals surface area contributed by atoms with E-state index in [0.717, 1.165) is 31.5 Å². The molecule has 3 heteroatoms. The Morgan fingerprint density at radius 2 is 1.79 bits per heavy atom. The van der Waals surface area contributed by atoms with Crippen molar-refractivity contribution in [3.05, 3.63) is 29.8 Å². The molecule has 2 nitrogen and oxygen atoms in total. The normalized spacial score (nSPS) is 15.8. The summed E-state index contributed by atoms with van der Waals surface area (Å²) in [6.07, 6.45) is 4.14. The topological polar surface area (TPSA) is 20.3 Å². The average Bonchev–Trinajstić information content (AvgIpc) is 2.41. The molecule has 1 saturated heterocycles. The van der Waals surface area contributed by atoms with Crippen LogP contribution in [-0.4, -0.2) is 29.1 Å². The Balaban J connectivity index is 1.89. The molecule has 0 aromatic heterocycles. The number of carbonyl (C=O) groups excluding carboxylic acids is 1. The number of hydrogen-bond donors (Lipinski definition) is 0. The third kappa shape index (κ3) is 4.57. The van der Waals surface area contributed by atoms with Crippen molar-refractivity contribution in [2.45, 2.75) is 49.7 Å². The standard InChI is InChI=1S/C16H23NOS/c1-13(2)19-15-8-6-14(7-9-15)12-16(18)17-10-4-3-5-11-17/h6-9,13H,3-5,10-12H2,1-2H3. The van der Waals surface area contributed by atoms with E-state index >= 15 is 0 Å². The van der Waals surface area contributed by atoms with Crippen LogP contribution in [0.15, 0.2) is 29.2 Å². The van der Waals surface area contributed by atoms with E-state index in [9.17, 15) is 4.79 Å². The maximum Gasteiger partial charge on any atom is 0.226 e. The highest BCUT2D eigenvalue weighted by molar-refractivity contribution is 7.99. The smallest absolute Gasteiger partial charge is 0.226 e. The first-order chi connectivity index (χ1) is 9.15. The lowest BCUT2D eigenvalue weighted by Gasteiger charge is -2.26. The van der Waals surface area contributed by atoms with Crippen LogP contribution >= 0.6 is 11.8 Å². The summed E-state index contributed by atoms with van der Waals surface area (Å²) in [6.45, 7) is 6.27. The predicted molar refractivity (Wildman–Crippen MR) is 81.6 cm³/mol. The van der Waals surface area contributed by atoms with E-state index in [2.05, 4.69) is 38.1 Å². The Labute approximate surface area is 120 Å². The van der Waals surface area contributed by atoms with Gasteiger partial charge in [-0.25, -0.2) is 0 Å². The van der Waals surface area contributed by atoms with Gasteiger partial charge in [-0.15, -0.1) is 11.8 Å². The van der Waals surface area contributed by atoms with Crippen molar-refractivity contribution in [1.29, 1.82) is 0 Å². The molecule has 1 aliphatic rings. The van der Waals surface area contributed by atoms with Gasteiger partial charge in [0, 0.05) is 23.2 Å². The number of likely N-dealkylation sites (tertiary alicyclic amines) is 1. The van der Waals surface area contributed by atoms with Crippen LogP contribution in [0.25, 0.3) is 0 Å². The van der Waals surface area contributed by atoms with Crippen LogP contribution in [-0.2, 0) is 11.2 Å². The van der Waals surface area contributed by atoms with Crippen LogP contribution in [0.1, 0.15) is 38.7 Å². The number of benzene rings is 1. The zero-order valence-electron chi connectivity index (χ0n) is 11.9. The van der Waals surface area contributed by atoms with Crippen LogP contribution in [0.3, 0.4) is 0 Å². The monoisotopic (exact) mass is 277 g/mol. The van der Waals surface area contributed by atoms with Crippen LogP contribution in [0, 0.1) is 0 Å². The third-order valence-electron chi connectivity index (χ3n) is 3.36. The molecular weight excluding hydrogens is 254 g/mol. The highest BCUT2D eigenvalue weighted by Crippen LogP contribution is 2.23. The molecule has 0 radical (unpaired) electrons. The summed E-state index contributed by atoms with van der Waals surface area (Å²) in [5.74, 6) is 0.281. The molecule has 1 amide bonds. The van der Waals surface area contributed by atoms with Crippen LogP contribution in [0.4, 0.5) is 0 Å². The Bertz CT molecular complexity index is 407. The molecule has 19 heavy (non-hydrogen) atoms. The van der Waals surface area contributed by atoms with E-state index in [-0.39, 0.29) is 5.91 Å². The largest absolute Gasteiger partial charge is 0.342 e. The van der Waals surface area contributed by atoms with Crippen molar-refractivity contribution in [3.8, 4) is 0 Å². The van der Waals surface area contributed by atoms with E-state index < -0.39 is 0 Å². The lowest BCUT2D eigenvalue weighted by atomic mass is 10.1. The van der Waals surface area contributed by atoms with Gasteiger partial charge in [0.15, 0.2) is 0 Å². The number of hydrogen-bond acceptors (Lipinski definition) is 2. The summed E-state index contributed by atoms with van der Waals surface area (Å²) < 4.78 is 0. The number of amides is 1. The first-order valence-corrected chi connectivity index (χ1v) is 8.06. The van der Waals surface area contributed by atoms with E-state index in [1.54, 1.807) is 0 Å². The van der Waals surface area contributed by atoms with Gasteiger partial charge in [0.25, 0.3) is 0 Å². The van der Waals surface area contributed by atoms with Gasteiger partial charge in [0.2, 0.25) is 5.91 Å². The minimum atomic E-state index is 0.281. The van der Waals surface area contributed by atoms with E-state index in [4.69, 9.17) is 0 Å². The van der Waals surface area contributed by atoms with Crippen LogP contribution < -0.4 is 0 Å². The molecule has 1 fully saturated rings. The van der Waals surface area contributed by atoms with E-state index in [0.29, 0.717) is 11.7 Å². The van der Waals surface area contributed by atoms with E-state index in [1.807, 2.05) is 16.7 Å². The molecule has 1 aromatic rings. The molecule has 0 saturated carbocycles. The summed E-state index contributed by atoms with van der Waals surface area (Å²) >= 11 is 1.86. The fraction of sp³-hybridized carbons (Fsp3) is 0.562. The Morgan fingerprint density at radius 1 is 1.16 bits per heavy atom. The lowest BCUT2D eigenvalue weighted by Crippen LogP contribution is -2.36. The van der Waals surface area contributed by atoms with Gasteiger partial charge in [-0.3, -0.25) is 4.79 Å². The minimum absolute atomic E-state index is 0.281. The van der Waals surface area contributed by atoms with E-state index in [1.165, 1.54) is 11.3 Å². The summed E-state index contributed by atoms with van der Waals surface area (Å²) in [7, 11) is 0. The maximum absolute atomic E-state index is 12.2. The van der Waals surface area contributed by atoms with Crippen molar-refractivity contribution in [3.63, 3.8) is 0 Å².